The van der Waals surface area contributed by atoms with Gasteiger partial charge in [-0.15, -0.1) is 0 Å². The molecule has 9 heteroatoms. The smallest absolute Gasteiger partial charge is 0.258 e. The number of hydrogen-bond acceptors (Lipinski definition) is 8. The Morgan fingerprint density at radius 3 is 2.81 bits per heavy atom. The highest BCUT2D eigenvalue weighted by Gasteiger charge is 2.18. The molecule has 0 spiro atoms. The van der Waals surface area contributed by atoms with E-state index in [1.807, 2.05) is 0 Å². The van der Waals surface area contributed by atoms with Crippen molar-refractivity contribution in [2.45, 2.75) is 26.7 Å². The maximum absolute atomic E-state index is 8.91. The van der Waals surface area contributed by atoms with Gasteiger partial charge >= 0.3 is 0 Å². The zero-order valence-electron chi connectivity index (χ0n) is 12.2. The standard InChI is InChI=1S/C12H20N8O/c1-12(2,4-3-5-21)6-15-10-17-9(13)18-11(19-10)20-8-14-7-16-20/h7-8,21H,3-6H2,1-2H3,(H3,13,15,17,18,19). The molecule has 0 radical (unpaired) electrons. The second-order valence-electron chi connectivity index (χ2n) is 5.50. The monoisotopic (exact) mass is 292 g/mol. The minimum atomic E-state index is 0.0114. The van der Waals surface area contributed by atoms with E-state index in [1.165, 1.54) is 17.3 Å². The van der Waals surface area contributed by atoms with Gasteiger partial charge in [0.2, 0.25) is 11.9 Å². The Bertz CT molecular complexity index is 569. The van der Waals surface area contributed by atoms with Gasteiger partial charge in [0.15, 0.2) is 0 Å². The summed E-state index contributed by atoms with van der Waals surface area (Å²) in [6.07, 6.45) is 4.54. The summed E-state index contributed by atoms with van der Waals surface area (Å²) in [5.74, 6) is 0.826. The van der Waals surface area contributed by atoms with E-state index in [0.717, 1.165) is 12.8 Å². The summed E-state index contributed by atoms with van der Waals surface area (Å²) in [5, 5.41) is 16.0. The molecule has 0 bridgehead atoms. The van der Waals surface area contributed by atoms with Gasteiger partial charge in [0.25, 0.3) is 5.95 Å². The van der Waals surface area contributed by atoms with E-state index in [1.54, 1.807) is 0 Å². The number of aliphatic hydroxyl groups is 1. The summed E-state index contributed by atoms with van der Waals surface area (Å²) in [5.41, 5.74) is 5.70. The largest absolute Gasteiger partial charge is 0.396 e. The van der Waals surface area contributed by atoms with Crippen LogP contribution in [0, 0.1) is 5.41 Å². The predicted molar refractivity (Wildman–Crippen MR) is 77.7 cm³/mol. The third kappa shape index (κ3) is 4.35. The lowest BCUT2D eigenvalue weighted by Gasteiger charge is -2.24. The molecule has 2 aromatic heterocycles. The van der Waals surface area contributed by atoms with Crippen molar-refractivity contribution in [3.63, 3.8) is 0 Å². The number of nitrogens with one attached hydrogen (secondary N) is 1. The Kier molecular flexibility index (Phi) is 4.63. The lowest BCUT2D eigenvalue weighted by Crippen LogP contribution is -2.25. The summed E-state index contributed by atoms with van der Waals surface area (Å²) in [6, 6.07) is 0. The van der Waals surface area contributed by atoms with Crippen molar-refractivity contribution in [2.75, 3.05) is 24.2 Å². The molecule has 2 rings (SSSR count). The molecule has 0 aromatic carbocycles. The molecule has 4 N–H and O–H groups in total. The minimum absolute atomic E-state index is 0.0114. The maximum atomic E-state index is 8.91. The lowest BCUT2D eigenvalue weighted by molar-refractivity contribution is 0.247. The van der Waals surface area contributed by atoms with Crippen molar-refractivity contribution in [1.82, 2.24) is 29.7 Å². The predicted octanol–water partition coefficient (Wildman–Crippen LogP) is 0.245. The Morgan fingerprint density at radius 2 is 2.14 bits per heavy atom. The van der Waals surface area contributed by atoms with Crippen LogP contribution >= 0.6 is 0 Å². The van der Waals surface area contributed by atoms with Gasteiger partial charge in [0.1, 0.15) is 12.7 Å². The minimum Gasteiger partial charge on any atom is -0.396 e. The zero-order valence-corrected chi connectivity index (χ0v) is 12.2. The molecule has 0 aliphatic heterocycles. The van der Waals surface area contributed by atoms with Gasteiger partial charge in [0.05, 0.1) is 0 Å². The summed E-state index contributed by atoms with van der Waals surface area (Å²) < 4.78 is 1.42. The first-order valence-corrected chi connectivity index (χ1v) is 6.71. The Morgan fingerprint density at radius 1 is 1.33 bits per heavy atom. The molecule has 0 unspecified atom stereocenters. The van der Waals surface area contributed by atoms with Gasteiger partial charge in [-0.25, -0.2) is 4.98 Å². The maximum Gasteiger partial charge on any atom is 0.258 e. The van der Waals surface area contributed by atoms with Gasteiger partial charge in [0, 0.05) is 13.2 Å². The molecule has 0 aliphatic carbocycles. The van der Waals surface area contributed by atoms with Crippen LogP contribution < -0.4 is 11.1 Å². The second-order valence-corrected chi connectivity index (χ2v) is 5.50. The van der Waals surface area contributed by atoms with Crippen LogP contribution in [0.3, 0.4) is 0 Å². The van der Waals surface area contributed by atoms with Gasteiger partial charge < -0.3 is 16.2 Å². The quantitative estimate of drug-likeness (QED) is 0.662. The van der Waals surface area contributed by atoms with Gasteiger partial charge in [-0.05, 0) is 18.3 Å². The fraction of sp³-hybridized carbons (Fsp3) is 0.583. The van der Waals surface area contributed by atoms with Gasteiger partial charge in [-0.2, -0.15) is 24.7 Å². The molecule has 0 saturated carbocycles. The Hall–Kier alpha value is -2.29. The van der Waals surface area contributed by atoms with E-state index in [9.17, 15) is 0 Å². The number of hydrogen-bond donors (Lipinski definition) is 3. The van der Waals surface area contributed by atoms with Crippen LogP contribution in [0.1, 0.15) is 26.7 Å². The summed E-state index contributed by atoms with van der Waals surface area (Å²) in [7, 11) is 0. The van der Waals surface area contributed by atoms with Crippen LogP contribution in [0.25, 0.3) is 5.95 Å². The summed E-state index contributed by atoms with van der Waals surface area (Å²) >= 11 is 0. The normalized spacial score (nSPS) is 11.6. The summed E-state index contributed by atoms with van der Waals surface area (Å²) in [4.78, 5) is 16.2. The average molecular weight is 292 g/mol. The zero-order chi connectivity index (χ0) is 15.3. The molecular formula is C12H20N8O. The number of nitrogen functional groups attached to an aromatic ring is 1. The van der Waals surface area contributed by atoms with Crippen molar-refractivity contribution < 1.29 is 5.11 Å². The highest BCUT2D eigenvalue weighted by molar-refractivity contribution is 5.34. The molecule has 0 fully saturated rings. The molecular weight excluding hydrogens is 272 g/mol. The number of nitrogens with zero attached hydrogens (tertiary/aromatic N) is 6. The highest BCUT2D eigenvalue weighted by atomic mass is 16.2. The number of rotatable bonds is 7. The molecule has 0 atom stereocenters. The number of aliphatic hydroxyl groups excluding tert-OH is 1. The van der Waals surface area contributed by atoms with Crippen LogP contribution in [0.4, 0.5) is 11.9 Å². The Balaban J connectivity index is 2.07. The fourth-order valence-corrected chi connectivity index (χ4v) is 1.84. The topological polar surface area (TPSA) is 128 Å². The third-order valence-electron chi connectivity index (χ3n) is 3.00. The van der Waals surface area contributed by atoms with Crippen molar-refractivity contribution in [2.24, 2.45) is 5.41 Å². The van der Waals surface area contributed by atoms with Crippen LogP contribution in [0.2, 0.25) is 0 Å². The van der Waals surface area contributed by atoms with Gasteiger partial charge in [-0.3, -0.25) is 0 Å². The van der Waals surface area contributed by atoms with E-state index in [-0.39, 0.29) is 18.0 Å². The van der Waals surface area contributed by atoms with Crippen molar-refractivity contribution >= 4 is 11.9 Å². The first-order valence-electron chi connectivity index (χ1n) is 6.71. The van der Waals surface area contributed by atoms with Crippen molar-refractivity contribution in [3.8, 4) is 5.95 Å². The number of nitrogens with two attached hydrogens (primary N) is 1. The lowest BCUT2D eigenvalue weighted by atomic mass is 9.88. The van der Waals surface area contributed by atoms with E-state index in [0.29, 0.717) is 18.4 Å². The number of aromatic nitrogens is 6. The van der Waals surface area contributed by atoms with Crippen LogP contribution in [0.15, 0.2) is 12.7 Å². The molecule has 2 aromatic rings. The van der Waals surface area contributed by atoms with E-state index in [4.69, 9.17) is 10.8 Å². The average Bonchev–Trinajstić information content (AvgIpc) is 2.97. The van der Waals surface area contributed by atoms with Gasteiger partial charge in [-0.1, -0.05) is 13.8 Å². The third-order valence-corrected chi connectivity index (χ3v) is 3.00. The van der Waals surface area contributed by atoms with Crippen molar-refractivity contribution in [3.05, 3.63) is 12.7 Å². The molecule has 114 valence electrons. The molecule has 0 aliphatic rings. The second kappa shape index (κ2) is 6.44. The number of anilines is 2. The SMILES string of the molecule is CC(C)(CCCO)CNc1nc(N)nc(-n2cncn2)n1. The summed E-state index contributed by atoms with van der Waals surface area (Å²) in [6.45, 7) is 5.07. The van der Waals surface area contributed by atoms with E-state index >= 15 is 0 Å². The highest BCUT2D eigenvalue weighted by Crippen LogP contribution is 2.22. The molecule has 21 heavy (non-hydrogen) atoms. The van der Waals surface area contributed by atoms with E-state index < -0.39 is 0 Å². The van der Waals surface area contributed by atoms with E-state index in [2.05, 4.69) is 44.2 Å². The molecule has 9 nitrogen and oxygen atoms in total. The molecule has 0 amide bonds. The first kappa shape index (κ1) is 15.1. The fourth-order valence-electron chi connectivity index (χ4n) is 1.84. The Labute approximate surface area is 122 Å². The molecule has 0 saturated heterocycles. The molecule has 2 heterocycles. The van der Waals surface area contributed by atoms with Crippen molar-refractivity contribution in [1.29, 1.82) is 0 Å². The van der Waals surface area contributed by atoms with Crippen LogP contribution in [-0.4, -0.2) is 48.0 Å². The first-order chi connectivity index (χ1) is 10.00. The van der Waals surface area contributed by atoms with Crippen LogP contribution in [-0.2, 0) is 0 Å². The van der Waals surface area contributed by atoms with Crippen LogP contribution in [0.5, 0.6) is 0 Å².